The Balaban J connectivity index is 1.41. The first kappa shape index (κ1) is 17.1. The first-order valence-corrected chi connectivity index (χ1v) is 9.40. The summed E-state index contributed by atoms with van der Waals surface area (Å²) in [7, 11) is 0. The van der Waals surface area contributed by atoms with Crippen LogP contribution in [0, 0.1) is 5.92 Å². The van der Waals surface area contributed by atoms with Gasteiger partial charge < -0.3 is 9.80 Å². The van der Waals surface area contributed by atoms with Crippen LogP contribution in [0.25, 0.3) is 0 Å². The van der Waals surface area contributed by atoms with Crippen molar-refractivity contribution >= 4 is 29.0 Å². The summed E-state index contributed by atoms with van der Waals surface area (Å²) >= 11 is 6.08. The Morgan fingerprint density at radius 1 is 0.962 bits per heavy atom. The molecule has 1 saturated heterocycles. The quantitative estimate of drug-likeness (QED) is 0.815. The van der Waals surface area contributed by atoms with E-state index < -0.39 is 0 Å². The number of anilines is 1. The standard InChI is InChI=1S/C21H21ClN2O2/c22-17-5-3-6-18(14-17)23-8-10-24(11-9-23)21(26)16-12-15-4-1-2-7-19(15)20(25)13-16/h1-7,14,16H,8-13H2. The number of nitrogens with zero attached hydrogens (tertiary/aromatic N) is 2. The highest BCUT2D eigenvalue weighted by Crippen LogP contribution is 2.28. The van der Waals surface area contributed by atoms with E-state index in [2.05, 4.69) is 4.90 Å². The molecule has 0 saturated carbocycles. The fourth-order valence-corrected chi connectivity index (χ4v) is 4.12. The number of hydrogen-bond donors (Lipinski definition) is 0. The van der Waals surface area contributed by atoms with Crippen LogP contribution in [0.3, 0.4) is 0 Å². The second-order valence-corrected chi connectivity index (χ2v) is 7.41. The minimum absolute atomic E-state index is 0.0859. The highest BCUT2D eigenvalue weighted by Gasteiger charge is 2.33. The summed E-state index contributed by atoms with van der Waals surface area (Å²) in [5.41, 5.74) is 2.87. The minimum atomic E-state index is -0.227. The summed E-state index contributed by atoms with van der Waals surface area (Å²) in [5, 5.41) is 0.723. The molecule has 26 heavy (non-hydrogen) atoms. The second-order valence-electron chi connectivity index (χ2n) is 6.98. The summed E-state index contributed by atoms with van der Waals surface area (Å²) in [4.78, 5) is 29.5. The van der Waals surface area contributed by atoms with Gasteiger partial charge in [0, 0.05) is 54.8 Å². The summed E-state index contributed by atoms with van der Waals surface area (Å²) in [6.45, 7) is 2.92. The molecule has 1 amide bonds. The summed E-state index contributed by atoms with van der Waals surface area (Å²) in [6, 6.07) is 15.4. The molecule has 0 bridgehead atoms. The molecule has 1 atom stereocenters. The fraction of sp³-hybridized carbons (Fsp3) is 0.333. The van der Waals surface area contributed by atoms with Gasteiger partial charge in [0.1, 0.15) is 0 Å². The van der Waals surface area contributed by atoms with Crippen molar-refractivity contribution in [3.8, 4) is 0 Å². The zero-order valence-corrected chi connectivity index (χ0v) is 15.3. The summed E-state index contributed by atoms with van der Waals surface area (Å²) in [5.74, 6) is -0.0310. The van der Waals surface area contributed by atoms with Gasteiger partial charge >= 0.3 is 0 Å². The average molecular weight is 369 g/mol. The topological polar surface area (TPSA) is 40.6 Å². The predicted molar refractivity (Wildman–Crippen MR) is 103 cm³/mol. The highest BCUT2D eigenvalue weighted by atomic mass is 35.5. The van der Waals surface area contributed by atoms with Crippen molar-refractivity contribution in [2.24, 2.45) is 5.92 Å². The van der Waals surface area contributed by atoms with Crippen LogP contribution in [-0.4, -0.2) is 42.8 Å². The number of amides is 1. The van der Waals surface area contributed by atoms with Gasteiger partial charge in [0.25, 0.3) is 0 Å². The number of Topliss-reactive ketones (excluding diaryl/α,β-unsaturated/α-hetero) is 1. The SMILES string of the molecule is O=C1CC(C(=O)N2CCN(c3cccc(Cl)c3)CC2)Cc2ccccc21. The molecule has 1 unspecified atom stereocenters. The second kappa shape index (κ2) is 7.12. The molecular weight excluding hydrogens is 348 g/mol. The molecule has 1 aliphatic carbocycles. The lowest BCUT2D eigenvalue weighted by atomic mass is 9.82. The lowest BCUT2D eigenvalue weighted by Gasteiger charge is -2.38. The van der Waals surface area contributed by atoms with Crippen LogP contribution in [0.2, 0.25) is 5.02 Å². The molecule has 4 rings (SSSR count). The molecule has 0 spiro atoms. The smallest absolute Gasteiger partial charge is 0.226 e. The number of hydrogen-bond acceptors (Lipinski definition) is 3. The number of rotatable bonds is 2. The van der Waals surface area contributed by atoms with E-state index in [1.54, 1.807) is 0 Å². The van der Waals surface area contributed by atoms with Gasteiger partial charge in [-0.1, -0.05) is 41.9 Å². The van der Waals surface area contributed by atoms with E-state index >= 15 is 0 Å². The third kappa shape index (κ3) is 3.34. The number of piperazine rings is 1. The van der Waals surface area contributed by atoms with Crippen LogP contribution in [0.1, 0.15) is 22.3 Å². The van der Waals surface area contributed by atoms with E-state index in [1.807, 2.05) is 53.4 Å². The van der Waals surface area contributed by atoms with E-state index in [0.717, 1.165) is 34.9 Å². The van der Waals surface area contributed by atoms with Crippen LogP contribution < -0.4 is 4.90 Å². The highest BCUT2D eigenvalue weighted by molar-refractivity contribution is 6.30. The average Bonchev–Trinajstić information content (AvgIpc) is 2.67. The van der Waals surface area contributed by atoms with E-state index in [4.69, 9.17) is 11.6 Å². The summed E-state index contributed by atoms with van der Waals surface area (Å²) in [6.07, 6.45) is 0.986. The number of halogens is 1. The molecular formula is C21H21ClN2O2. The Morgan fingerprint density at radius 3 is 2.50 bits per heavy atom. The van der Waals surface area contributed by atoms with Crippen molar-refractivity contribution in [2.75, 3.05) is 31.1 Å². The van der Waals surface area contributed by atoms with Crippen molar-refractivity contribution in [2.45, 2.75) is 12.8 Å². The Kier molecular flexibility index (Phi) is 4.68. The molecule has 4 nitrogen and oxygen atoms in total. The van der Waals surface area contributed by atoms with E-state index in [9.17, 15) is 9.59 Å². The van der Waals surface area contributed by atoms with Crippen LogP contribution in [0.4, 0.5) is 5.69 Å². The minimum Gasteiger partial charge on any atom is -0.368 e. The zero-order chi connectivity index (χ0) is 18.1. The van der Waals surface area contributed by atoms with Gasteiger partial charge in [-0.25, -0.2) is 0 Å². The third-order valence-electron chi connectivity index (χ3n) is 5.33. The molecule has 1 aliphatic heterocycles. The van der Waals surface area contributed by atoms with Crippen molar-refractivity contribution in [3.63, 3.8) is 0 Å². The molecule has 5 heteroatoms. The van der Waals surface area contributed by atoms with Crippen molar-refractivity contribution in [3.05, 3.63) is 64.7 Å². The van der Waals surface area contributed by atoms with E-state index in [0.29, 0.717) is 25.9 Å². The number of carbonyl (C=O) groups is 2. The number of benzene rings is 2. The largest absolute Gasteiger partial charge is 0.368 e. The molecule has 0 radical (unpaired) electrons. The maximum atomic E-state index is 12.9. The first-order valence-electron chi connectivity index (χ1n) is 9.02. The van der Waals surface area contributed by atoms with Crippen LogP contribution in [-0.2, 0) is 11.2 Å². The molecule has 2 aromatic carbocycles. The number of ketones is 1. The van der Waals surface area contributed by atoms with Crippen LogP contribution in [0.15, 0.2) is 48.5 Å². The molecule has 1 fully saturated rings. The van der Waals surface area contributed by atoms with Gasteiger partial charge in [0.15, 0.2) is 5.78 Å². The van der Waals surface area contributed by atoms with E-state index in [1.165, 1.54) is 0 Å². The first-order chi connectivity index (χ1) is 12.6. The molecule has 2 aliphatic rings. The normalized spacial score (nSPS) is 20.0. The van der Waals surface area contributed by atoms with Crippen molar-refractivity contribution in [1.82, 2.24) is 4.90 Å². The van der Waals surface area contributed by atoms with Crippen LogP contribution in [0.5, 0.6) is 0 Å². The molecule has 0 N–H and O–H groups in total. The van der Waals surface area contributed by atoms with Gasteiger partial charge in [0.05, 0.1) is 0 Å². The predicted octanol–water partition coefficient (Wildman–Crippen LogP) is 3.43. The molecule has 1 heterocycles. The third-order valence-corrected chi connectivity index (χ3v) is 5.56. The molecule has 0 aromatic heterocycles. The molecule has 134 valence electrons. The fourth-order valence-electron chi connectivity index (χ4n) is 3.93. The van der Waals surface area contributed by atoms with Crippen molar-refractivity contribution < 1.29 is 9.59 Å². The Labute approximate surface area is 158 Å². The van der Waals surface area contributed by atoms with Gasteiger partial charge in [-0.15, -0.1) is 0 Å². The maximum Gasteiger partial charge on any atom is 0.226 e. The lowest BCUT2D eigenvalue weighted by Crippen LogP contribution is -2.51. The van der Waals surface area contributed by atoms with Gasteiger partial charge in [-0.3, -0.25) is 9.59 Å². The van der Waals surface area contributed by atoms with Gasteiger partial charge in [-0.2, -0.15) is 0 Å². The Morgan fingerprint density at radius 2 is 1.73 bits per heavy atom. The number of fused-ring (bicyclic) bond motifs is 1. The molecule has 2 aromatic rings. The van der Waals surface area contributed by atoms with E-state index in [-0.39, 0.29) is 17.6 Å². The Bertz CT molecular complexity index is 843. The monoisotopic (exact) mass is 368 g/mol. The van der Waals surface area contributed by atoms with Gasteiger partial charge in [-0.05, 0) is 30.2 Å². The lowest BCUT2D eigenvalue weighted by molar-refractivity contribution is -0.135. The zero-order valence-electron chi connectivity index (χ0n) is 14.5. The summed E-state index contributed by atoms with van der Waals surface area (Å²) < 4.78 is 0. The number of carbonyl (C=O) groups excluding carboxylic acids is 2. The van der Waals surface area contributed by atoms with Crippen molar-refractivity contribution in [1.29, 1.82) is 0 Å². The van der Waals surface area contributed by atoms with Crippen LogP contribution >= 0.6 is 11.6 Å². The maximum absolute atomic E-state index is 12.9. The Hall–Kier alpha value is -2.33. The van der Waals surface area contributed by atoms with Gasteiger partial charge in [0.2, 0.25) is 5.91 Å².